The normalized spacial score (nSPS) is 14.7. The van der Waals surface area contributed by atoms with Crippen LogP contribution in [0.5, 0.6) is 11.8 Å². The van der Waals surface area contributed by atoms with Crippen LogP contribution in [0.4, 0.5) is 11.6 Å². The predicted molar refractivity (Wildman–Crippen MR) is 104 cm³/mol. The Morgan fingerprint density at radius 1 is 1.11 bits per heavy atom. The molecule has 1 aliphatic rings. The maximum atomic E-state index is 12.3. The van der Waals surface area contributed by atoms with Gasteiger partial charge in [-0.2, -0.15) is 9.97 Å². The number of nitrogens with one attached hydrogen (secondary N) is 1. The van der Waals surface area contributed by atoms with Gasteiger partial charge in [-0.3, -0.25) is 15.0 Å². The number of methoxy groups -OCH3 is 2. The molecule has 27 heavy (non-hydrogen) atoms. The molecule has 144 valence electrons. The average Bonchev–Trinajstić information content (AvgIpc) is 2.68. The number of hydrogen-bond acceptors (Lipinski definition) is 7. The summed E-state index contributed by atoms with van der Waals surface area (Å²) < 4.78 is 10.2. The summed E-state index contributed by atoms with van der Waals surface area (Å²) in [5.41, 5.74) is 1.10. The molecule has 1 saturated heterocycles. The van der Waals surface area contributed by atoms with E-state index < -0.39 is 0 Å². The maximum Gasteiger partial charge on any atom is 0.240 e. The second-order valence-corrected chi connectivity index (χ2v) is 6.50. The molecule has 3 rings (SSSR count). The van der Waals surface area contributed by atoms with Crippen LogP contribution in [0, 0.1) is 0 Å². The van der Waals surface area contributed by atoms with E-state index in [0.29, 0.717) is 11.8 Å². The van der Waals surface area contributed by atoms with Crippen LogP contribution < -0.4 is 19.7 Å². The third kappa shape index (κ3) is 5.21. The van der Waals surface area contributed by atoms with Gasteiger partial charge >= 0.3 is 0 Å². The Bertz CT molecular complexity index is 774. The van der Waals surface area contributed by atoms with E-state index in [1.54, 1.807) is 6.07 Å². The van der Waals surface area contributed by atoms with Gasteiger partial charge < -0.3 is 14.4 Å². The number of ether oxygens (including phenoxy) is 2. The summed E-state index contributed by atoms with van der Waals surface area (Å²) in [5, 5.41) is 3.42. The SMILES string of the molecule is COc1cc(OC)nc(NC(=O)CN2CCN(c3cccc(Cl)c3)CC2)n1. The summed E-state index contributed by atoms with van der Waals surface area (Å²) in [7, 11) is 2.99. The highest BCUT2D eigenvalue weighted by molar-refractivity contribution is 6.30. The van der Waals surface area contributed by atoms with E-state index in [4.69, 9.17) is 21.1 Å². The van der Waals surface area contributed by atoms with Crippen LogP contribution >= 0.6 is 11.6 Å². The Kier molecular flexibility index (Phi) is 6.31. The number of carbonyl (C=O) groups excluding carboxylic acids is 1. The molecule has 1 aromatic carbocycles. The van der Waals surface area contributed by atoms with Crippen molar-refractivity contribution in [2.24, 2.45) is 0 Å². The summed E-state index contributed by atoms with van der Waals surface area (Å²) in [6.45, 7) is 3.49. The van der Waals surface area contributed by atoms with Gasteiger partial charge in [0.15, 0.2) is 0 Å². The molecule has 1 amide bonds. The Labute approximate surface area is 163 Å². The smallest absolute Gasteiger partial charge is 0.240 e. The van der Waals surface area contributed by atoms with Crippen LogP contribution in [0.2, 0.25) is 5.02 Å². The number of benzene rings is 1. The van der Waals surface area contributed by atoms with Crippen molar-refractivity contribution in [2.45, 2.75) is 0 Å². The molecule has 0 aliphatic carbocycles. The number of halogens is 1. The first kappa shape index (κ1) is 19.2. The van der Waals surface area contributed by atoms with Gasteiger partial charge in [0, 0.05) is 36.9 Å². The highest BCUT2D eigenvalue weighted by Gasteiger charge is 2.20. The first-order valence-electron chi connectivity index (χ1n) is 8.57. The number of piperazine rings is 1. The van der Waals surface area contributed by atoms with Crippen molar-refractivity contribution in [1.82, 2.24) is 14.9 Å². The number of amides is 1. The van der Waals surface area contributed by atoms with Crippen LogP contribution in [0.25, 0.3) is 0 Å². The van der Waals surface area contributed by atoms with E-state index >= 15 is 0 Å². The molecule has 8 nitrogen and oxygen atoms in total. The standard InChI is InChI=1S/C18H22ClN5O3/c1-26-16-11-17(27-2)22-18(21-16)20-15(25)12-23-6-8-24(9-7-23)14-5-3-4-13(19)10-14/h3-5,10-11H,6-9,12H2,1-2H3,(H,20,21,22,25). The average molecular weight is 392 g/mol. The van der Waals surface area contributed by atoms with Gasteiger partial charge in [-0.1, -0.05) is 17.7 Å². The first-order valence-corrected chi connectivity index (χ1v) is 8.95. The minimum absolute atomic E-state index is 0.161. The molecule has 0 radical (unpaired) electrons. The van der Waals surface area contributed by atoms with Crippen LogP contribution in [-0.4, -0.2) is 67.7 Å². The van der Waals surface area contributed by atoms with Crippen molar-refractivity contribution in [1.29, 1.82) is 0 Å². The van der Waals surface area contributed by atoms with Gasteiger partial charge in [0.1, 0.15) is 0 Å². The summed E-state index contributed by atoms with van der Waals surface area (Å²) >= 11 is 6.06. The van der Waals surface area contributed by atoms with Crippen molar-refractivity contribution in [3.8, 4) is 11.8 Å². The maximum absolute atomic E-state index is 12.3. The predicted octanol–water partition coefficient (Wildman–Crippen LogP) is 1.91. The highest BCUT2D eigenvalue weighted by Crippen LogP contribution is 2.21. The zero-order chi connectivity index (χ0) is 19.2. The summed E-state index contributed by atoms with van der Waals surface area (Å²) in [5.74, 6) is 0.634. The zero-order valence-corrected chi connectivity index (χ0v) is 16.1. The van der Waals surface area contributed by atoms with Gasteiger partial charge in [0.05, 0.1) is 26.8 Å². The molecule has 1 N–H and O–H groups in total. The molecular formula is C18H22ClN5O3. The fourth-order valence-electron chi connectivity index (χ4n) is 2.87. The monoisotopic (exact) mass is 391 g/mol. The number of nitrogens with zero attached hydrogens (tertiary/aromatic N) is 4. The lowest BCUT2D eigenvalue weighted by molar-refractivity contribution is -0.117. The van der Waals surface area contributed by atoms with E-state index in [1.807, 2.05) is 24.3 Å². The summed E-state index contributed by atoms with van der Waals surface area (Å²) in [6.07, 6.45) is 0. The van der Waals surface area contributed by atoms with Crippen LogP contribution in [0.3, 0.4) is 0 Å². The van der Waals surface area contributed by atoms with Crippen LogP contribution in [-0.2, 0) is 4.79 Å². The number of anilines is 2. The fourth-order valence-corrected chi connectivity index (χ4v) is 3.06. The van der Waals surface area contributed by atoms with E-state index in [0.717, 1.165) is 36.9 Å². The molecule has 2 heterocycles. The fraction of sp³-hybridized carbons (Fsp3) is 0.389. The third-order valence-corrected chi connectivity index (χ3v) is 4.50. The number of rotatable bonds is 6. The summed E-state index contributed by atoms with van der Waals surface area (Å²) in [4.78, 5) is 24.9. The van der Waals surface area contributed by atoms with Crippen LogP contribution in [0.15, 0.2) is 30.3 Å². The molecule has 0 bridgehead atoms. The lowest BCUT2D eigenvalue weighted by Gasteiger charge is -2.35. The lowest BCUT2D eigenvalue weighted by Crippen LogP contribution is -2.48. The number of aromatic nitrogens is 2. The molecule has 0 unspecified atom stereocenters. The minimum Gasteiger partial charge on any atom is -0.481 e. The molecule has 0 atom stereocenters. The van der Waals surface area contributed by atoms with Gasteiger partial charge in [-0.15, -0.1) is 0 Å². The Hall–Kier alpha value is -2.58. The molecule has 1 aromatic heterocycles. The van der Waals surface area contributed by atoms with Gasteiger partial charge in [0.25, 0.3) is 0 Å². The molecular weight excluding hydrogens is 370 g/mol. The van der Waals surface area contributed by atoms with Crippen LogP contribution in [0.1, 0.15) is 0 Å². The minimum atomic E-state index is -0.179. The van der Waals surface area contributed by atoms with Crippen molar-refractivity contribution in [3.05, 3.63) is 35.4 Å². The molecule has 0 saturated carbocycles. The Balaban J connectivity index is 1.52. The molecule has 1 aliphatic heterocycles. The second-order valence-electron chi connectivity index (χ2n) is 6.07. The zero-order valence-electron chi connectivity index (χ0n) is 15.3. The topological polar surface area (TPSA) is 79.8 Å². The molecule has 1 fully saturated rings. The van der Waals surface area contributed by atoms with Gasteiger partial charge in [-0.05, 0) is 18.2 Å². The van der Waals surface area contributed by atoms with Crippen molar-refractivity contribution >= 4 is 29.1 Å². The molecule has 2 aromatic rings. The number of carbonyl (C=O) groups is 1. The van der Waals surface area contributed by atoms with Crippen molar-refractivity contribution in [3.63, 3.8) is 0 Å². The third-order valence-electron chi connectivity index (χ3n) is 4.26. The largest absolute Gasteiger partial charge is 0.481 e. The van der Waals surface area contributed by atoms with Crippen molar-refractivity contribution < 1.29 is 14.3 Å². The molecule has 9 heteroatoms. The lowest BCUT2D eigenvalue weighted by atomic mass is 10.2. The first-order chi connectivity index (χ1) is 13.1. The van der Waals surface area contributed by atoms with Crippen molar-refractivity contribution in [2.75, 3.05) is 57.2 Å². The van der Waals surface area contributed by atoms with E-state index in [2.05, 4.69) is 25.1 Å². The van der Waals surface area contributed by atoms with E-state index in [-0.39, 0.29) is 18.4 Å². The second kappa shape index (κ2) is 8.88. The molecule has 0 spiro atoms. The Morgan fingerprint density at radius 3 is 2.37 bits per heavy atom. The number of hydrogen-bond donors (Lipinski definition) is 1. The quantitative estimate of drug-likeness (QED) is 0.805. The summed E-state index contributed by atoms with van der Waals surface area (Å²) in [6, 6.07) is 9.35. The van der Waals surface area contributed by atoms with Gasteiger partial charge in [0.2, 0.25) is 23.6 Å². The van der Waals surface area contributed by atoms with Gasteiger partial charge in [-0.25, -0.2) is 0 Å². The van der Waals surface area contributed by atoms with E-state index in [9.17, 15) is 4.79 Å². The van der Waals surface area contributed by atoms with E-state index in [1.165, 1.54) is 14.2 Å². The Morgan fingerprint density at radius 2 is 1.78 bits per heavy atom. The highest BCUT2D eigenvalue weighted by atomic mass is 35.5.